The lowest BCUT2D eigenvalue weighted by Gasteiger charge is -2.45. The number of thioether (sulfide) groups is 1. The van der Waals surface area contributed by atoms with E-state index in [0.29, 0.717) is 22.6 Å². The van der Waals surface area contributed by atoms with Crippen LogP contribution in [-0.2, 0) is 4.79 Å². The third kappa shape index (κ3) is 4.54. The van der Waals surface area contributed by atoms with Gasteiger partial charge in [-0.15, -0.1) is 11.8 Å². The predicted octanol–water partition coefficient (Wildman–Crippen LogP) is 5.79. The van der Waals surface area contributed by atoms with Crippen LogP contribution >= 0.6 is 35.0 Å². The predicted molar refractivity (Wildman–Crippen MR) is 137 cm³/mol. The number of rotatable bonds is 3. The number of nitrogens with zero attached hydrogens (tertiary/aromatic N) is 3. The first-order valence-corrected chi connectivity index (χ1v) is 13.0. The summed E-state index contributed by atoms with van der Waals surface area (Å²) in [5, 5.41) is 0.963. The van der Waals surface area contributed by atoms with Gasteiger partial charge in [-0.2, -0.15) is 0 Å². The molecular weight excluding hydrogens is 461 g/mol. The van der Waals surface area contributed by atoms with Gasteiger partial charge in [-0.25, -0.2) is 0 Å². The zero-order valence-corrected chi connectivity index (χ0v) is 20.3. The van der Waals surface area contributed by atoms with E-state index in [2.05, 4.69) is 40.1 Å². The van der Waals surface area contributed by atoms with Crippen LogP contribution in [0.3, 0.4) is 0 Å². The second-order valence-corrected chi connectivity index (χ2v) is 10.6. The number of hydrogen-bond acceptors (Lipinski definition) is 4. The summed E-state index contributed by atoms with van der Waals surface area (Å²) >= 11 is 13.9. The lowest BCUT2D eigenvalue weighted by Crippen LogP contribution is -2.55. The molecule has 4 nitrogen and oxygen atoms in total. The standard InChI is InChI=1S/C25H27Cl2N3OS/c26-21-9-8-19(16-22(21)27)30-13-14-32-24(25(30)31)15-18-5-1-2-7-23(18)29-12-11-28-10-4-3-6-20(28)17-29/h1-2,5,7-9,15-16,20H,3-4,6,10-14,17H2. The number of piperazine rings is 1. The van der Waals surface area contributed by atoms with Crippen LogP contribution in [0.25, 0.3) is 6.08 Å². The average Bonchev–Trinajstić information content (AvgIpc) is 2.82. The number of para-hydroxylation sites is 1. The van der Waals surface area contributed by atoms with Crippen molar-refractivity contribution >= 4 is 58.3 Å². The molecule has 3 aliphatic rings. The molecule has 0 aliphatic carbocycles. The molecule has 32 heavy (non-hydrogen) atoms. The lowest BCUT2D eigenvalue weighted by molar-refractivity contribution is -0.114. The van der Waals surface area contributed by atoms with E-state index in [0.717, 1.165) is 41.5 Å². The van der Waals surface area contributed by atoms with E-state index in [1.807, 2.05) is 6.07 Å². The fourth-order valence-corrected chi connectivity index (χ4v) is 6.19. The van der Waals surface area contributed by atoms with E-state index in [1.165, 1.54) is 31.5 Å². The molecule has 3 fully saturated rings. The summed E-state index contributed by atoms with van der Waals surface area (Å²) < 4.78 is 0. The van der Waals surface area contributed by atoms with Gasteiger partial charge in [0.2, 0.25) is 0 Å². The number of halogens is 2. The molecule has 0 bridgehead atoms. The average molecular weight is 488 g/mol. The zero-order valence-electron chi connectivity index (χ0n) is 18.0. The molecule has 1 unspecified atom stereocenters. The number of amides is 1. The maximum atomic E-state index is 13.3. The number of fused-ring (bicyclic) bond motifs is 1. The minimum absolute atomic E-state index is 0.0199. The zero-order chi connectivity index (χ0) is 22.1. The van der Waals surface area contributed by atoms with E-state index in [1.54, 1.807) is 28.8 Å². The Morgan fingerprint density at radius 1 is 0.969 bits per heavy atom. The topological polar surface area (TPSA) is 26.8 Å². The Labute approximate surface area is 204 Å². The largest absolute Gasteiger partial charge is 0.368 e. The van der Waals surface area contributed by atoms with E-state index in [-0.39, 0.29) is 5.91 Å². The van der Waals surface area contributed by atoms with Crippen molar-refractivity contribution in [2.75, 3.05) is 48.3 Å². The van der Waals surface area contributed by atoms with E-state index in [9.17, 15) is 4.79 Å². The van der Waals surface area contributed by atoms with Gasteiger partial charge in [-0.05, 0) is 55.3 Å². The molecule has 3 aliphatic heterocycles. The van der Waals surface area contributed by atoms with Gasteiger partial charge in [-0.3, -0.25) is 9.69 Å². The summed E-state index contributed by atoms with van der Waals surface area (Å²) in [5.41, 5.74) is 3.13. The van der Waals surface area contributed by atoms with Crippen molar-refractivity contribution in [1.82, 2.24) is 4.90 Å². The maximum Gasteiger partial charge on any atom is 0.264 e. The SMILES string of the molecule is O=C1C(=Cc2ccccc2N2CCN3CCCCC3C2)SCCN1c1ccc(Cl)c(Cl)c1. The van der Waals surface area contributed by atoms with Crippen molar-refractivity contribution in [2.45, 2.75) is 25.3 Å². The molecule has 0 aromatic heterocycles. The fraction of sp³-hybridized carbons (Fsp3) is 0.400. The number of hydrogen-bond donors (Lipinski definition) is 0. The Morgan fingerprint density at radius 2 is 1.84 bits per heavy atom. The fourth-order valence-electron chi connectivity index (χ4n) is 4.96. The molecule has 0 saturated carbocycles. The van der Waals surface area contributed by atoms with Gasteiger partial charge >= 0.3 is 0 Å². The molecule has 168 valence electrons. The first kappa shape index (κ1) is 22.1. The van der Waals surface area contributed by atoms with Crippen LogP contribution in [0, 0.1) is 0 Å². The molecule has 7 heteroatoms. The maximum absolute atomic E-state index is 13.3. The quantitative estimate of drug-likeness (QED) is 0.511. The third-order valence-corrected chi connectivity index (χ3v) is 8.37. The Bertz CT molecular complexity index is 1040. The van der Waals surface area contributed by atoms with Gasteiger partial charge in [0.15, 0.2) is 0 Å². The van der Waals surface area contributed by atoms with Crippen LogP contribution in [0.15, 0.2) is 47.4 Å². The van der Waals surface area contributed by atoms with Crippen LogP contribution in [0.2, 0.25) is 10.0 Å². The molecular formula is C25H27Cl2N3OS. The summed E-state index contributed by atoms with van der Waals surface area (Å²) in [6.45, 7) is 5.11. The summed E-state index contributed by atoms with van der Waals surface area (Å²) in [6.07, 6.45) is 6.01. The molecule has 5 rings (SSSR count). The molecule has 0 N–H and O–H groups in total. The van der Waals surface area contributed by atoms with Crippen molar-refractivity contribution < 1.29 is 4.79 Å². The van der Waals surface area contributed by atoms with Gasteiger partial charge < -0.3 is 9.80 Å². The van der Waals surface area contributed by atoms with Crippen LogP contribution in [0.5, 0.6) is 0 Å². The van der Waals surface area contributed by atoms with Crippen LogP contribution in [-0.4, -0.2) is 55.3 Å². The first-order chi connectivity index (χ1) is 15.6. The minimum atomic E-state index is 0.0199. The minimum Gasteiger partial charge on any atom is -0.368 e. The van der Waals surface area contributed by atoms with Crippen molar-refractivity contribution in [3.05, 3.63) is 63.0 Å². The monoisotopic (exact) mass is 487 g/mol. The smallest absolute Gasteiger partial charge is 0.264 e. The molecule has 1 atom stereocenters. The summed E-state index contributed by atoms with van der Waals surface area (Å²) in [4.78, 5) is 21.1. The molecule has 2 aromatic carbocycles. The normalized spacial score (nSPS) is 23.5. The van der Waals surface area contributed by atoms with Gasteiger partial charge in [0, 0.05) is 49.3 Å². The molecule has 3 heterocycles. The van der Waals surface area contributed by atoms with E-state index in [4.69, 9.17) is 23.2 Å². The number of benzene rings is 2. The highest BCUT2D eigenvalue weighted by Gasteiger charge is 2.30. The Balaban J connectivity index is 1.40. The molecule has 0 radical (unpaired) electrons. The van der Waals surface area contributed by atoms with Crippen molar-refractivity contribution in [1.29, 1.82) is 0 Å². The number of carbonyl (C=O) groups excluding carboxylic acids is 1. The van der Waals surface area contributed by atoms with Gasteiger partial charge in [0.05, 0.1) is 15.0 Å². The van der Waals surface area contributed by atoms with E-state index < -0.39 is 0 Å². The first-order valence-electron chi connectivity index (χ1n) is 11.3. The summed E-state index contributed by atoms with van der Waals surface area (Å²) in [5.74, 6) is 0.868. The van der Waals surface area contributed by atoms with Crippen LogP contribution in [0.1, 0.15) is 24.8 Å². The van der Waals surface area contributed by atoms with Gasteiger partial charge in [0.25, 0.3) is 5.91 Å². The Kier molecular flexibility index (Phi) is 6.70. The van der Waals surface area contributed by atoms with Crippen LogP contribution in [0.4, 0.5) is 11.4 Å². The van der Waals surface area contributed by atoms with Crippen molar-refractivity contribution in [3.63, 3.8) is 0 Å². The summed E-state index contributed by atoms with van der Waals surface area (Å²) in [7, 11) is 0. The Hall–Kier alpha value is -1.66. The summed E-state index contributed by atoms with van der Waals surface area (Å²) in [6, 6.07) is 14.5. The molecule has 3 saturated heterocycles. The number of piperidine rings is 1. The molecule has 2 aromatic rings. The Morgan fingerprint density at radius 3 is 2.72 bits per heavy atom. The van der Waals surface area contributed by atoms with Crippen LogP contribution < -0.4 is 9.80 Å². The van der Waals surface area contributed by atoms with Gasteiger partial charge in [0.1, 0.15) is 0 Å². The third-order valence-electron chi connectivity index (χ3n) is 6.64. The number of carbonyl (C=O) groups is 1. The second kappa shape index (κ2) is 9.68. The van der Waals surface area contributed by atoms with Crippen molar-refractivity contribution in [2.24, 2.45) is 0 Å². The lowest BCUT2D eigenvalue weighted by atomic mass is 9.98. The highest BCUT2D eigenvalue weighted by Crippen LogP contribution is 2.35. The van der Waals surface area contributed by atoms with Gasteiger partial charge in [-0.1, -0.05) is 47.8 Å². The highest BCUT2D eigenvalue weighted by molar-refractivity contribution is 8.04. The number of anilines is 2. The highest BCUT2D eigenvalue weighted by atomic mass is 35.5. The van der Waals surface area contributed by atoms with E-state index >= 15 is 0 Å². The second-order valence-electron chi connectivity index (χ2n) is 8.60. The molecule has 0 spiro atoms. The van der Waals surface area contributed by atoms with Crippen molar-refractivity contribution in [3.8, 4) is 0 Å². The molecule has 1 amide bonds.